The summed E-state index contributed by atoms with van der Waals surface area (Å²) in [5, 5.41) is 3.15. The molecule has 1 heterocycles. The lowest BCUT2D eigenvalue weighted by Gasteiger charge is -2.11. The highest BCUT2D eigenvalue weighted by atomic mass is 79.9. The maximum atomic E-state index is 12.4. The standard InChI is InChI=1S/C18H17BrN4OS/c1-12(17(24)21-15-9-7-14(19)8-10-15)25-18-22-16(11-23(18)20)13-5-3-2-4-6-13/h2-12H,20H2,1H3,(H,21,24). The Hall–Kier alpha value is -2.25. The second kappa shape index (κ2) is 7.76. The minimum Gasteiger partial charge on any atom is -0.337 e. The van der Waals surface area contributed by atoms with Gasteiger partial charge in [-0.25, -0.2) is 9.66 Å². The Morgan fingerprint density at radius 2 is 1.88 bits per heavy atom. The van der Waals surface area contributed by atoms with Gasteiger partial charge < -0.3 is 11.2 Å². The number of imidazole rings is 1. The van der Waals surface area contributed by atoms with E-state index in [0.717, 1.165) is 21.4 Å². The van der Waals surface area contributed by atoms with Crippen molar-refractivity contribution in [2.24, 2.45) is 0 Å². The van der Waals surface area contributed by atoms with Crippen LogP contribution in [0.1, 0.15) is 6.92 Å². The van der Waals surface area contributed by atoms with Crippen LogP contribution in [0.3, 0.4) is 0 Å². The lowest BCUT2D eigenvalue weighted by atomic mass is 10.2. The third-order valence-corrected chi connectivity index (χ3v) is 5.14. The van der Waals surface area contributed by atoms with Crippen molar-refractivity contribution in [3.63, 3.8) is 0 Å². The summed E-state index contributed by atoms with van der Waals surface area (Å²) in [7, 11) is 0. The van der Waals surface area contributed by atoms with E-state index >= 15 is 0 Å². The number of rotatable bonds is 5. The van der Waals surface area contributed by atoms with Crippen LogP contribution in [0.5, 0.6) is 0 Å². The van der Waals surface area contributed by atoms with Crippen LogP contribution in [-0.4, -0.2) is 20.8 Å². The number of thioether (sulfide) groups is 1. The normalized spacial score (nSPS) is 11.9. The van der Waals surface area contributed by atoms with Gasteiger partial charge in [0.1, 0.15) is 0 Å². The maximum Gasteiger partial charge on any atom is 0.237 e. The Kier molecular flexibility index (Phi) is 5.45. The molecule has 1 atom stereocenters. The number of hydrogen-bond donors (Lipinski definition) is 2. The van der Waals surface area contributed by atoms with Gasteiger partial charge in [-0.1, -0.05) is 58.0 Å². The van der Waals surface area contributed by atoms with Crippen LogP contribution in [-0.2, 0) is 4.79 Å². The molecule has 0 saturated heterocycles. The summed E-state index contributed by atoms with van der Waals surface area (Å²) in [5.74, 6) is 5.89. The van der Waals surface area contributed by atoms with E-state index in [2.05, 4.69) is 26.2 Å². The molecule has 1 unspecified atom stereocenters. The second-order valence-electron chi connectivity index (χ2n) is 5.44. The van der Waals surface area contributed by atoms with Gasteiger partial charge in [-0.2, -0.15) is 0 Å². The molecule has 7 heteroatoms. The molecular weight excluding hydrogens is 400 g/mol. The number of nitrogens with zero attached hydrogens (tertiary/aromatic N) is 2. The first kappa shape index (κ1) is 17.6. The van der Waals surface area contributed by atoms with E-state index in [1.54, 1.807) is 6.20 Å². The van der Waals surface area contributed by atoms with Crippen LogP contribution < -0.4 is 11.2 Å². The molecule has 3 N–H and O–H groups in total. The average Bonchev–Trinajstić information content (AvgIpc) is 2.98. The van der Waals surface area contributed by atoms with E-state index in [1.165, 1.54) is 16.4 Å². The van der Waals surface area contributed by atoms with E-state index in [9.17, 15) is 4.79 Å². The number of halogens is 1. The van der Waals surface area contributed by atoms with Gasteiger partial charge in [0, 0.05) is 15.7 Å². The van der Waals surface area contributed by atoms with Gasteiger partial charge in [-0.05, 0) is 31.2 Å². The van der Waals surface area contributed by atoms with Crippen molar-refractivity contribution in [3.8, 4) is 11.3 Å². The lowest BCUT2D eigenvalue weighted by Crippen LogP contribution is -2.23. The summed E-state index contributed by atoms with van der Waals surface area (Å²) in [6.45, 7) is 1.83. The van der Waals surface area contributed by atoms with Crippen LogP contribution in [0, 0.1) is 0 Å². The molecule has 1 aromatic heterocycles. The fraction of sp³-hybridized carbons (Fsp3) is 0.111. The quantitative estimate of drug-likeness (QED) is 0.483. The molecule has 3 aromatic rings. The highest BCUT2D eigenvalue weighted by Crippen LogP contribution is 2.26. The monoisotopic (exact) mass is 416 g/mol. The van der Waals surface area contributed by atoms with Crippen molar-refractivity contribution in [2.75, 3.05) is 11.2 Å². The predicted molar refractivity (Wildman–Crippen MR) is 106 cm³/mol. The first-order valence-corrected chi connectivity index (χ1v) is 9.33. The van der Waals surface area contributed by atoms with E-state index in [4.69, 9.17) is 5.84 Å². The molecular formula is C18H17BrN4OS. The van der Waals surface area contributed by atoms with E-state index in [0.29, 0.717) is 5.16 Å². The maximum absolute atomic E-state index is 12.4. The zero-order chi connectivity index (χ0) is 17.8. The van der Waals surface area contributed by atoms with Crippen molar-refractivity contribution >= 4 is 39.3 Å². The number of amides is 1. The number of benzene rings is 2. The summed E-state index contributed by atoms with van der Waals surface area (Å²) >= 11 is 4.69. The molecule has 5 nitrogen and oxygen atoms in total. The number of hydrogen-bond acceptors (Lipinski definition) is 4. The largest absolute Gasteiger partial charge is 0.337 e. The van der Waals surface area contributed by atoms with Gasteiger partial charge in [-0.3, -0.25) is 4.79 Å². The van der Waals surface area contributed by atoms with Crippen molar-refractivity contribution in [3.05, 3.63) is 65.3 Å². The number of nitrogens with one attached hydrogen (secondary N) is 1. The molecule has 25 heavy (non-hydrogen) atoms. The second-order valence-corrected chi connectivity index (χ2v) is 7.66. The fourth-order valence-electron chi connectivity index (χ4n) is 2.20. The van der Waals surface area contributed by atoms with Crippen LogP contribution in [0.2, 0.25) is 0 Å². The summed E-state index contributed by atoms with van der Waals surface area (Å²) in [6.07, 6.45) is 1.76. The number of carbonyl (C=O) groups excluding carboxylic acids is 1. The van der Waals surface area contributed by atoms with Gasteiger partial charge >= 0.3 is 0 Å². The number of nitrogens with two attached hydrogens (primary N) is 1. The zero-order valence-corrected chi connectivity index (χ0v) is 15.9. The van der Waals surface area contributed by atoms with Crippen LogP contribution >= 0.6 is 27.7 Å². The Balaban J connectivity index is 1.68. The van der Waals surface area contributed by atoms with Crippen LogP contribution in [0.15, 0.2) is 70.4 Å². The molecule has 1 amide bonds. The molecule has 128 valence electrons. The molecule has 0 radical (unpaired) electrons. The van der Waals surface area contributed by atoms with Crippen molar-refractivity contribution in [1.82, 2.24) is 9.66 Å². The summed E-state index contributed by atoms with van der Waals surface area (Å²) < 4.78 is 2.42. The smallest absolute Gasteiger partial charge is 0.237 e. The van der Waals surface area contributed by atoms with E-state index in [1.807, 2.05) is 61.5 Å². The topological polar surface area (TPSA) is 72.9 Å². The molecule has 3 rings (SSSR count). The molecule has 0 bridgehead atoms. The van der Waals surface area contributed by atoms with Gasteiger partial charge in [0.2, 0.25) is 5.91 Å². The fourth-order valence-corrected chi connectivity index (χ4v) is 3.27. The summed E-state index contributed by atoms with van der Waals surface area (Å²) in [5.41, 5.74) is 2.52. The highest BCUT2D eigenvalue weighted by molar-refractivity contribution is 9.10. The lowest BCUT2D eigenvalue weighted by molar-refractivity contribution is -0.115. The Labute approximate surface area is 158 Å². The van der Waals surface area contributed by atoms with Gasteiger partial charge in [0.05, 0.1) is 17.1 Å². The van der Waals surface area contributed by atoms with Crippen molar-refractivity contribution < 1.29 is 4.79 Å². The molecule has 0 aliphatic rings. The molecule has 0 aliphatic carbocycles. The minimum atomic E-state index is -0.336. The Morgan fingerprint density at radius 3 is 2.56 bits per heavy atom. The minimum absolute atomic E-state index is 0.100. The number of carbonyl (C=O) groups is 1. The predicted octanol–water partition coefficient (Wildman–Crippen LogP) is 4.15. The highest BCUT2D eigenvalue weighted by Gasteiger charge is 2.18. The molecule has 0 saturated carbocycles. The number of anilines is 1. The van der Waals surface area contributed by atoms with Gasteiger partial charge in [-0.15, -0.1) is 0 Å². The Bertz CT molecular complexity index is 865. The van der Waals surface area contributed by atoms with Gasteiger partial charge in [0.25, 0.3) is 0 Å². The summed E-state index contributed by atoms with van der Waals surface area (Å²) in [6, 6.07) is 17.2. The van der Waals surface area contributed by atoms with E-state index in [-0.39, 0.29) is 11.2 Å². The molecule has 0 spiro atoms. The van der Waals surface area contributed by atoms with Crippen molar-refractivity contribution in [1.29, 1.82) is 0 Å². The third kappa shape index (κ3) is 4.43. The average molecular weight is 417 g/mol. The molecule has 2 aromatic carbocycles. The first-order chi connectivity index (χ1) is 12.0. The molecule has 0 fully saturated rings. The third-order valence-electron chi connectivity index (χ3n) is 3.53. The van der Waals surface area contributed by atoms with Crippen molar-refractivity contribution in [2.45, 2.75) is 17.3 Å². The Morgan fingerprint density at radius 1 is 1.20 bits per heavy atom. The van der Waals surface area contributed by atoms with Gasteiger partial charge in [0.15, 0.2) is 5.16 Å². The number of nitrogen functional groups attached to an aromatic ring is 1. The summed E-state index contributed by atoms with van der Waals surface area (Å²) in [4.78, 5) is 16.9. The zero-order valence-electron chi connectivity index (χ0n) is 13.5. The number of aromatic nitrogens is 2. The SMILES string of the molecule is CC(Sc1nc(-c2ccccc2)cn1N)C(=O)Nc1ccc(Br)cc1. The molecule has 0 aliphatic heterocycles. The van der Waals surface area contributed by atoms with Crippen LogP contribution in [0.25, 0.3) is 11.3 Å². The first-order valence-electron chi connectivity index (χ1n) is 7.66. The van der Waals surface area contributed by atoms with Crippen LogP contribution in [0.4, 0.5) is 5.69 Å². The van der Waals surface area contributed by atoms with E-state index < -0.39 is 0 Å².